The van der Waals surface area contributed by atoms with Gasteiger partial charge in [-0.1, -0.05) is 0 Å². The minimum Gasteiger partial charge on any atom is -0.360 e. The number of nitrogens with two attached hydrogens (primary N) is 1. The molecule has 0 aromatic carbocycles. The Kier molecular flexibility index (Phi) is 2.05. The maximum atomic E-state index is 10.6. The molecule has 6 heteroatoms. The molecule has 1 saturated carbocycles. The van der Waals surface area contributed by atoms with Crippen molar-refractivity contribution in [2.75, 3.05) is 5.32 Å². The molecule has 1 fully saturated rings. The average molecular weight is 194 g/mol. The lowest BCUT2D eigenvalue weighted by molar-refractivity contribution is -0.384. The van der Waals surface area contributed by atoms with Crippen molar-refractivity contribution in [1.29, 1.82) is 0 Å². The second-order valence-corrected chi connectivity index (χ2v) is 3.28. The van der Waals surface area contributed by atoms with E-state index in [1.165, 1.54) is 18.3 Å². The van der Waals surface area contributed by atoms with Crippen LogP contribution in [0.4, 0.5) is 11.5 Å². The number of hydrogen-bond acceptors (Lipinski definition) is 5. The smallest absolute Gasteiger partial charge is 0.311 e. The van der Waals surface area contributed by atoms with Gasteiger partial charge in [-0.2, -0.15) is 0 Å². The van der Waals surface area contributed by atoms with Gasteiger partial charge in [0.2, 0.25) is 5.82 Å². The molecule has 6 nitrogen and oxygen atoms in total. The fourth-order valence-electron chi connectivity index (χ4n) is 1.21. The largest absolute Gasteiger partial charge is 0.360 e. The van der Waals surface area contributed by atoms with Gasteiger partial charge in [0, 0.05) is 24.3 Å². The molecule has 0 bridgehead atoms. The molecule has 0 spiro atoms. The highest BCUT2D eigenvalue weighted by molar-refractivity contribution is 5.56. The van der Waals surface area contributed by atoms with Crippen LogP contribution >= 0.6 is 0 Å². The van der Waals surface area contributed by atoms with Crippen molar-refractivity contribution in [2.45, 2.75) is 18.5 Å². The number of aromatic nitrogens is 1. The molecule has 1 aromatic heterocycles. The van der Waals surface area contributed by atoms with E-state index in [0.29, 0.717) is 5.82 Å². The normalized spacial score (nSPS) is 24.4. The predicted octanol–water partition coefficient (Wildman–Crippen LogP) is 0.501. The number of nitrogens with one attached hydrogen (secondary N) is 1. The topological polar surface area (TPSA) is 94.1 Å². The highest BCUT2D eigenvalue weighted by atomic mass is 16.6. The number of nitrogens with zero attached hydrogens (tertiary/aromatic N) is 2. The number of rotatable bonds is 3. The van der Waals surface area contributed by atoms with E-state index >= 15 is 0 Å². The minimum atomic E-state index is -0.455. The van der Waals surface area contributed by atoms with Gasteiger partial charge in [-0.25, -0.2) is 4.98 Å². The minimum absolute atomic E-state index is 0.00778. The molecule has 74 valence electrons. The van der Waals surface area contributed by atoms with E-state index in [-0.39, 0.29) is 17.8 Å². The molecule has 0 radical (unpaired) electrons. The highest BCUT2D eigenvalue weighted by Gasteiger charge is 2.35. The van der Waals surface area contributed by atoms with Crippen LogP contribution in [0.5, 0.6) is 0 Å². The number of pyridine rings is 1. The van der Waals surface area contributed by atoms with Crippen molar-refractivity contribution in [3.63, 3.8) is 0 Å². The predicted molar refractivity (Wildman–Crippen MR) is 50.9 cm³/mol. The molecule has 0 amide bonds. The van der Waals surface area contributed by atoms with Gasteiger partial charge >= 0.3 is 5.69 Å². The molecule has 1 aliphatic rings. The van der Waals surface area contributed by atoms with Crippen molar-refractivity contribution < 1.29 is 4.92 Å². The lowest BCUT2D eigenvalue weighted by Gasteiger charge is -2.03. The first-order valence-corrected chi connectivity index (χ1v) is 4.30. The number of hydrogen-bond donors (Lipinski definition) is 2. The second-order valence-electron chi connectivity index (χ2n) is 3.28. The fourth-order valence-corrected chi connectivity index (χ4v) is 1.21. The Bertz CT molecular complexity index is 368. The van der Waals surface area contributed by atoms with Gasteiger partial charge in [0.15, 0.2) is 0 Å². The van der Waals surface area contributed by atoms with Crippen LogP contribution < -0.4 is 11.1 Å². The Balaban J connectivity index is 2.19. The summed E-state index contributed by atoms with van der Waals surface area (Å²) in [6.07, 6.45) is 2.36. The third-order valence-corrected chi connectivity index (χ3v) is 2.15. The first-order valence-electron chi connectivity index (χ1n) is 4.30. The lowest BCUT2D eigenvalue weighted by atomic mass is 10.4. The van der Waals surface area contributed by atoms with Gasteiger partial charge in [-0.05, 0) is 12.5 Å². The molecule has 3 N–H and O–H groups in total. The second kappa shape index (κ2) is 3.22. The Morgan fingerprint density at radius 3 is 3.00 bits per heavy atom. The zero-order valence-corrected chi connectivity index (χ0v) is 7.38. The third-order valence-electron chi connectivity index (χ3n) is 2.15. The first kappa shape index (κ1) is 8.89. The van der Waals surface area contributed by atoms with Crippen molar-refractivity contribution >= 4 is 11.5 Å². The first-order chi connectivity index (χ1) is 6.68. The van der Waals surface area contributed by atoms with E-state index in [2.05, 4.69) is 10.3 Å². The Hall–Kier alpha value is -1.69. The molecular formula is C8H10N4O2. The molecule has 1 aromatic rings. The van der Waals surface area contributed by atoms with E-state index < -0.39 is 4.92 Å². The quantitative estimate of drug-likeness (QED) is 0.539. The molecule has 0 aliphatic heterocycles. The van der Waals surface area contributed by atoms with Crippen LogP contribution in [0.15, 0.2) is 18.3 Å². The van der Waals surface area contributed by atoms with E-state index in [4.69, 9.17) is 5.73 Å². The standard InChI is InChI=1S/C8H10N4O2/c9-5-4-6(5)11-8-7(12(13)14)2-1-3-10-8/h1-3,5-6H,4,9H2,(H,10,11). The van der Waals surface area contributed by atoms with Gasteiger partial charge < -0.3 is 11.1 Å². The van der Waals surface area contributed by atoms with E-state index in [0.717, 1.165) is 6.42 Å². The maximum absolute atomic E-state index is 10.6. The molecule has 0 saturated heterocycles. The van der Waals surface area contributed by atoms with E-state index in [1.54, 1.807) is 0 Å². The summed E-state index contributed by atoms with van der Waals surface area (Å²) >= 11 is 0. The summed E-state index contributed by atoms with van der Waals surface area (Å²) in [5, 5.41) is 13.5. The van der Waals surface area contributed by atoms with Crippen LogP contribution in [0.1, 0.15) is 6.42 Å². The summed E-state index contributed by atoms with van der Waals surface area (Å²) in [5.74, 6) is 0.301. The molecule has 1 heterocycles. The van der Waals surface area contributed by atoms with Crippen molar-refractivity contribution in [3.8, 4) is 0 Å². The number of nitro groups is 1. The molecule has 1 aliphatic carbocycles. The van der Waals surface area contributed by atoms with Crippen molar-refractivity contribution in [2.24, 2.45) is 5.73 Å². The van der Waals surface area contributed by atoms with Crippen LogP contribution in [-0.2, 0) is 0 Å². The zero-order chi connectivity index (χ0) is 10.1. The van der Waals surface area contributed by atoms with Gasteiger partial charge in [-0.3, -0.25) is 10.1 Å². The van der Waals surface area contributed by atoms with Gasteiger partial charge in [-0.15, -0.1) is 0 Å². The molecular weight excluding hydrogens is 184 g/mol. The monoisotopic (exact) mass is 194 g/mol. The number of anilines is 1. The summed E-state index contributed by atoms with van der Waals surface area (Å²) in [5.41, 5.74) is 5.57. The summed E-state index contributed by atoms with van der Waals surface area (Å²) in [6.45, 7) is 0. The fraction of sp³-hybridized carbons (Fsp3) is 0.375. The van der Waals surface area contributed by atoms with Crippen LogP contribution in [0.25, 0.3) is 0 Å². The average Bonchev–Trinajstić information content (AvgIpc) is 2.82. The maximum Gasteiger partial charge on any atom is 0.311 e. The SMILES string of the molecule is NC1CC1Nc1ncccc1[N+](=O)[O-]. The van der Waals surface area contributed by atoms with Crippen LogP contribution in [-0.4, -0.2) is 22.0 Å². The van der Waals surface area contributed by atoms with Crippen molar-refractivity contribution in [1.82, 2.24) is 4.98 Å². The van der Waals surface area contributed by atoms with Gasteiger partial charge in [0.05, 0.1) is 4.92 Å². The zero-order valence-electron chi connectivity index (χ0n) is 7.38. The Morgan fingerprint density at radius 1 is 1.71 bits per heavy atom. The Morgan fingerprint density at radius 2 is 2.43 bits per heavy atom. The molecule has 2 unspecified atom stereocenters. The summed E-state index contributed by atoms with van der Waals surface area (Å²) < 4.78 is 0. The summed E-state index contributed by atoms with van der Waals surface area (Å²) in [4.78, 5) is 14.1. The highest BCUT2D eigenvalue weighted by Crippen LogP contribution is 2.27. The summed E-state index contributed by atoms with van der Waals surface area (Å²) in [7, 11) is 0. The molecule has 14 heavy (non-hydrogen) atoms. The molecule has 2 atom stereocenters. The van der Waals surface area contributed by atoms with Gasteiger partial charge in [0.25, 0.3) is 0 Å². The van der Waals surface area contributed by atoms with E-state index in [1.807, 2.05) is 0 Å². The molecule has 2 rings (SSSR count). The summed E-state index contributed by atoms with van der Waals surface area (Å²) in [6, 6.07) is 3.18. The van der Waals surface area contributed by atoms with Gasteiger partial charge in [0.1, 0.15) is 0 Å². The van der Waals surface area contributed by atoms with Crippen LogP contribution in [0.3, 0.4) is 0 Å². The van der Waals surface area contributed by atoms with Crippen LogP contribution in [0, 0.1) is 10.1 Å². The third kappa shape index (κ3) is 1.64. The lowest BCUT2D eigenvalue weighted by Crippen LogP contribution is -2.14. The van der Waals surface area contributed by atoms with Crippen LogP contribution in [0.2, 0.25) is 0 Å². The van der Waals surface area contributed by atoms with E-state index in [9.17, 15) is 10.1 Å². The Labute approximate surface area is 80.3 Å². The van der Waals surface area contributed by atoms with Crippen molar-refractivity contribution in [3.05, 3.63) is 28.4 Å².